The number of nitrogens with zero attached hydrogens (tertiary/aromatic N) is 1. The first-order valence-corrected chi connectivity index (χ1v) is 10.8. The molecule has 0 spiro atoms. The van der Waals surface area contributed by atoms with Gasteiger partial charge in [0.15, 0.2) is 5.76 Å². The zero-order valence-corrected chi connectivity index (χ0v) is 19.1. The Hall–Kier alpha value is -3.86. The van der Waals surface area contributed by atoms with Crippen molar-refractivity contribution in [3.05, 3.63) is 41.7 Å². The van der Waals surface area contributed by atoms with Gasteiger partial charge in [0, 0.05) is 5.56 Å². The summed E-state index contributed by atoms with van der Waals surface area (Å²) in [7, 11) is 1.37. The molecule has 1 aromatic carbocycles. The Morgan fingerprint density at radius 3 is 2.59 bits per heavy atom. The van der Waals surface area contributed by atoms with E-state index in [4.69, 9.17) is 9.15 Å². The number of ether oxygens (including phenoxy) is 1. The third-order valence-corrected chi connectivity index (χ3v) is 5.11. The van der Waals surface area contributed by atoms with Crippen molar-refractivity contribution in [1.82, 2.24) is 15.7 Å². The van der Waals surface area contributed by atoms with E-state index in [2.05, 4.69) is 10.6 Å². The molecule has 0 unspecified atom stereocenters. The maximum Gasteiger partial charge on any atom is 0.339 e. The number of methoxy groups -OCH3 is 1. The Balaban J connectivity index is 1.97. The van der Waals surface area contributed by atoms with Crippen LogP contribution in [0.5, 0.6) is 5.75 Å². The fraction of sp³-hybridized carbons (Fsp3) is 0.391. The van der Waals surface area contributed by atoms with Gasteiger partial charge in [-0.25, -0.2) is 9.86 Å². The Morgan fingerprint density at radius 1 is 1.18 bits per heavy atom. The van der Waals surface area contributed by atoms with Crippen molar-refractivity contribution in [1.29, 1.82) is 0 Å². The van der Waals surface area contributed by atoms with Crippen LogP contribution in [-0.2, 0) is 9.59 Å². The number of nitrogens with one attached hydrogen (secondary N) is 2. The monoisotopic (exact) mass is 475 g/mol. The molecule has 0 aliphatic heterocycles. The van der Waals surface area contributed by atoms with Gasteiger partial charge >= 0.3 is 5.97 Å². The average molecular weight is 475 g/mol. The summed E-state index contributed by atoms with van der Waals surface area (Å²) in [5, 5.41) is 24.3. The molecule has 34 heavy (non-hydrogen) atoms. The Bertz CT molecular complexity index is 1000. The molecule has 11 nitrogen and oxygen atoms in total. The van der Waals surface area contributed by atoms with Crippen LogP contribution in [0, 0.1) is 5.92 Å². The molecule has 2 rings (SSSR count). The number of hydrogen-bond acceptors (Lipinski definition) is 7. The number of benzene rings is 1. The summed E-state index contributed by atoms with van der Waals surface area (Å²) in [6.07, 6.45) is 3.35. The summed E-state index contributed by atoms with van der Waals surface area (Å²) >= 11 is 0. The minimum absolute atomic E-state index is 0.0288. The van der Waals surface area contributed by atoms with E-state index in [1.807, 2.05) is 6.92 Å². The number of hydroxylamine groups is 2. The van der Waals surface area contributed by atoms with Crippen molar-refractivity contribution in [2.75, 3.05) is 20.3 Å². The van der Waals surface area contributed by atoms with Crippen molar-refractivity contribution in [3.63, 3.8) is 0 Å². The number of carboxylic acids is 1. The lowest BCUT2D eigenvalue weighted by Crippen LogP contribution is -2.42. The molecule has 11 heteroatoms. The van der Waals surface area contributed by atoms with E-state index in [1.165, 1.54) is 31.4 Å². The number of hydrogen-bond donors (Lipinski definition) is 4. The second kappa shape index (κ2) is 13.0. The van der Waals surface area contributed by atoms with Crippen LogP contribution in [0.15, 0.2) is 34.7 Å². The molecule has 1 aromatic heterocycles. The van der Waals surface area contributed by atoms with Gasteiger partial charge in [0.25, 0.3) is 5.91 Å². The Morgan fingerprint density at radius 2 is 1.94 bits per heavy atom. The smallest absolute Gasteiger partial charge is 0.339 e. The number of rotatable bonds is 14. The van der Waals surface area contributed by atoms with E-state index in [0.717, 1.165) is 19.3 Å². The average Bonchev–Trinajstić information content (AvgIpc) is 3.33. The molecule has 1 atom stereocenters. The molecular formula is C23H29N3O8. The van der Waals surface area contributed by atoms with Crippen molar-refractivity contribution in [2.24, 2.45) is 5.92 Å². The summed E-state index contributed by atoms with van der Waals surface area (Å²) in [4.78, 5) is 46.9. The van der Waals surface area contributed by atoms with Crippen LogP contribution in [0.25, 0.3) is 11.3 Å². The van der Waals surface area contributed by atoms with Gasteiger partial charge in [-0.15, -0.1) is 0 Å². The summed E-state index contributed by atoms with van der Waals surface area (Å²) < 4.78 is 10.6. The van der Waals surface area contributed by atoms with Gasteiger partial charge in [-0.3, -0.25) is 19.6 Å². The lowest BCUT2D eigenvalue weighted by molar-refractivity contribution is -0.154. The molecule has 0 saturated heterocycles. The number of carbonyl (C=O) groups is 4. The number of amides is 3. The van der Waals surface area contributed by atoms with E-state index in [0.29, 0.717) is 17.0 Å². The van der Waals surface area contributed by atoms with E-state index >= 15 is 0 Å². The van der Waals surface area contributed by atoms with Gasteiger partial charge in [-0.2, -0.15) is 0 Å². The summed E-state index contributed by atoms with van der Waals surface area (Å²) in [5.74, 6) is -2.32. The van der Waals surface area contributed by atoms with Crippen LogP contribution in [0.4, 0.5) is 0 Å². The zero-order chi connectivity index (χ0) is 25.1. The molecule has 0 aliphatic rings. The van der Waals surface area contributed by atoms with E-state index in [1.54, 1.807) is 6.07 Å². The third kappa shape index (κ3) is 7.34. The predicted molar refractivity (Wildman–Crippen MR) is 120 cm³/mol. The molecule has 0 bridgehead atoms. The van der Waals surface area contributed by atoms with E-state index in [-0.39, 0.29) is 42.5 Å². The van der Waals surface area contributed by atoms with Gasteiger partial charge in [0.05, 0.1) is 26.2 Å². The Kier molecular flexibility index (Phi) is 10.1. The highest BCUT2D eigenvalue weighted by atomic mass is 16.5. The van der Waals surface area contributed by atoms with Crippen molar-refractivity contribution in [2.45, 2.75) is 32.6 Å². The van der Waals surface area contributed by atoms with Crippen LogP contribution in [0.2, 0.25) is 0 Å². The molecule has 1 heterocycles. The molecule has 0 aliphatic carbocycles. The molecule has 2 aromatic rings. The van der Waals surface area contributed by atoms with Crippen LogP contribution in [0.1, 0.15) is 53.5 Å². The second-order valence-electron chi connectivity index (χ2n) is 7.53. The third-order valence-electron chi connectivity index (χ3n) is 5.11. The minimum atomic E-state index is -1.16. The fourth-order valence-electron chi connectivity index (χ4n) is 3.30. The number of unbranched alkanes of at least 4 members (excludes halogenated alkanes) is 2. The van der Waals surface area contributed by atoms with E-state index < -0.39 is 23.7 Å². The summed E-state index contributed by atoms with van der Waals surface area (Å²) in [6, 6.07) is 7.43. The SMILES string of the molecule is CCCCC[C@H](CN(O)C=O)C(=O)NCNC(=O)c1ccc(-c2ccc(OC)c(C(=O)O)c2)o1. The topological polar surface area (TPSA) is 158 Å². The number of furan rings is 1. The fourth-order valence-corrected chi connectivity index (χ4v) is 3.30. The minimum Gasteiger partial charge on any atom is -0.496 e. The van der Waals surface area contributed by atoms with Crippen molar-refractivity contribution >= 4 is 24.2 Å². The van der Waals surface area contributed by atoms with Gasteiger partial charge in [-0.1, -0.05) is 26.2 Å². The molecular weight excluding hydrogens is 446 g/mol. The molecule has 0 saturated carbocycles. The van der Waals surface area contributed by atoms with Gasteiger partial charge in [-0.05, 0) is 36.8 Å². The Labute approximate surface area is 196 Å². The first kappa shape index (κ1) is 26.4. The van der Waals surface area contributed by atoms with Gasteiger partial charge in [0.2, 0.25) is 12.3 Å². The predicted octanol–water partition coefficient (Wildman–Crippen LogP) is 2.50. The maximum atomic E-state index is 12.4. The van der Waals surface area contributed by atoms with Crippen LogP contribution in [-0.4, -0.2) is 59.9 Å². The highest BCUT2D eigenvalue weighted by Gasteiger charge is 2.21. The largest absolute Gasteiger partial charge is 0.496 e. The molecule has 0 fully saturated rings. The molecule has 184 valence electrons. The molecule has 0 radical (unpaired) electrons. The first-order chi connectivity index (χ1) is 16.3. The van der Waals surface area contributed by atoms with Crippen LogP contribution >= 0.6 is 0 Å². The van der Waals surface area contributed by atoms with Gasteiger partial charge < -0.3 is 24.9 Å². The summed E-state index contributed by atoms with van der Waals surface area (Å²) in [5.41, 5.74) is 0.402. The normalized spacial score (nSPS) is 11.4. The zero-order valence-electron chi connectivity index (χ0n) is 19.1. The first-order valence-electron chi connectivity index (χ1n) is 10.8. The lowest BCUT2D eigenvalue weighted by Gasteiger charge is -2.19. The van der Waals surface area contributed by atoms with Crippen LogP contribution < -0.4 is 15.4 Å². The number of carbonyl (C=O) groups excluding carboxylic acids is 3. The lowest BCUT2D eigenvalue weighted by atomic mass is 10.0. The van der Waals surface area contributed by atoms with Crippen molar-refractivity contribution < 1.29 is 38.6 Å². The quantitative estimate of drug-likeness (QED) is 0.107. The van der Waals surface area contributed by atoms with Gasteiger partial charge in [0.1, 0.15) is 17.1 Å². The standard InChI is InChI=1S/C23H29N3O8/c1-3-4-5-6-16(12-26(32)14-27)21(28)24-13-25-22(29)20-10-9-18(34-20)15-7-8-19(33-2)17(11-15)23(30)31/h7-11,14,16,32H,3-6,12-13H2,1-2H3,(H,24,28)(H,25,29)(H,30,31)/t16-/m1/s1. The van der Waals surface area contributed by atoms with Crippen LogP contribution in [0.3, 0.4) is 0 Å². The molecule has 4 N–H and O–H groups in total. The molecule has 3 amide bonds. The highest BCUT2D eigenvalue weighted by Crippen LogP contribution is 2.28. The highest BCUT2D eigenvalue weighted by molar-refractivity contribution is 5.94. The maximum absolute atomic E-state index is 12.4. The number of carboxylic acid groups (broad SMARTS) is 1. The second-order valence-corrected chi connectivity index (χ2v) is 7.53. The number of aromatic carboxylic acids is 1. The van der Waals surface area contributed by atoms with E-state index in [9.17, 15) is 29.5 Å². The van der Waals surface area contributed by atoms with Crippen molar-refractivity contribution in [3.8, 4) is 17.1 Å². The summed E-state index contributed by atoms with van der Waals surface area (Å²) in [6.45, 7) is 1.69.